The lowest BCUT2D eigenvalue weighted by molar-refractivity contribution is -0.890. The molecule has 0 bridgehead atoms. The summed E-state index contributed by atoms with van der Waals surface area (Å²) in [5.74, 6) is -3.03. The van der Waals surface area contributed by atoms with Gasteiger partial charge in [-0.15, -0.1) is 0 Å². The van der Waals surface area contributed by atoms with E-state index in [1.807, 2.05) is 0 Å². The molecule has 0 fully saturated rings. The minimum Gasteiger partial charge on any atom is -0.748 e. The van der Waals surface area contributed by atoms with Crippen LogP contribution in [0.3, 0.4) is 0 Å². The van der Waals surface area contributed by atoms with Crippen LogP contribution >= 0.6 is 0 Å². The van der Waals surface area contributed by atoms with Gasteiger partial charge in [0.1, 0.15) is 5.75 Å². The summed E-state index contributed by atoms with van der Waals surface area (Å²) >= 11 is 0. The van der Waals surface area contributed by atoms with E-state index in [0.717, 1.165) is 25.8 Å². The lowest BCUT2D eigenvalue weighted by Gasteiger charge is -2.35. The number of aliphatic hydroxyl groups is 6. The Morgan fingerprint density at radius 1 is 0.486 bits per heavy atom. The van der Waals surface area contributed by atoms with Gasteiger partial charge in [-0.25, -0.2) is 16.8 Å². The molecule has 26 heteroatoms. The third kappa shape index (κ3) is 42.7. The van der Waals surface area contributed by atoms with Gasteiger partial charge in [-0.05, 0) is 12.8 Å². The second-order valence-corrected chi connectivity index (χ2v) is 26.4. The van der Waals surface area contributed by atoms with Crippen LogP contribution in [-0.4, -0.2) is 259 Å². The van der Waals surface area contributed by atoms with Crippen molar-refractivity contribution < 1.29 is 87.3 Å². The van der Waals surface area contributed by atoms with E-state index in [0.29, 0.717) is 17.4 Å². The Morgan fingerprint density at radius 2 is 0.786 bits per heavy atom. The van der Waals surface area contributed by atoms with Crippen LogP contribution < -0.4 is 0 Å². The smallest absolute Gasteiger partial charge is 0.501 e. The molecule has 0 amide bonds. The predicted molar refractivity (Wildman–Crippen MR) is 269 cm³/mol. The molecule has 0 aliphatic carbocycles. The first-order chi connectivity index (χ1) is 32.9. The summed E-state index contributed by atoms with van der Waals surface area (Å²) in [5, 5.41) is 60.2. The van der Waals surface area contributed by atoms with Crippen LogP contribution in [-0.2, 0) is 43.6 Å². The fourth-order valence-electron chi connectivity index (χ4n) is 8.33. The van der Waals surface area contributed by atoms with Crippen LogP contribution in [0.15, 0.2) is 0 Å². The fraction of sp³-hybridized carbons (Fsp3) is 1.00. The van der Waals surface area contributed by atoms with E-state index in [4.69, 9.17) is 13.3 Å². The molecule has 3 unspecified atom stereocenters. The zero-order chi connectivity index (χ0) is 53.0. The zero-order valence-electron chi connectivity index (χ0n) is 42.7. The van der Waals surface area contributed by atoms with Gasteiger partial charge in [0.25, 0.3) is 10.1 Å². The van der Waals surface area contributed by atoms with Gasteiger partial charge >= 0.3 is 8.80 Å². The Morgan fingerprint density at radius 3 is 1.09 bits per heavy atom. The molecular weight excluding hydrogens is 997 g/mol. The number of unbranched alkanes of at least 4 members (excludes halogenated alkanes) is 15. The second kappa shape index (κ2) is 39.8. The average molecular weight is 1090 g/mol. The molecule has 0 aromatic carbocycles. The summed E-state index contributed by atoms with van der Waals surface area (Å²) in [6, 6.07) is 0.243. The van der Waals surface area contributed by atoms with Crippen LogP contribution in [0.4, 0.5) is 0 Å². The highest BCUT2D eigenvalue weighted by Gasteiger charge is 2.42. The van der Waals surface area contributed by atoms with Crippen molar-refractivity contribution in [3.63, 3.8) is 0 Å². The zero-order valence-corrected chi connectivity index (χ0v) is 46.2. The molecule has 422 valence electrons. The van der Waals surface area contributed by atoms with E-state index in [9.17, 15) is 69.6 Å². The maximum absolute atomic E-state index is 11.4. The molecule has 0 radical (unpaired) electrons. The number of quaternary nitrogens is 1. The van der Waals surface area contributed by atoms with Crippen LogP contribution in [0.25, 0.3) is 0 Å². The lowest BCUT2D eigenvalue weighted by atomic mass is 10.0. The summed E-state index contributed by atoms with van der Waals surface area (Å²) in [5.41, 5.74) is 0. The highest BCUT2D eigenvalue weighted by atomic mass is 32.2. The predicted octanol–water partition coefficient (Wildman–Crippen LogP) is 0.647. The average Bonchev–Trinajstić information content (AvgIpc) is 3.21. The van der Waals surface area contributed by atoms with Crippen molar-refractivity contribution in [3.8, 4) is 0 Å². The maximum Gasteiger partial charge on any atom is 0.501 e. The Balaban J connectivity index is 6.08. The van der Waals surface area contributed by atoms with Crippen molar-refractivity contribution in [1.82, 2.24) is 14.7 Å². The van der Waals surface area contributed by atoms with E-state index < -0.39 is 74.7 Å². The van der Waals surface area contributed by atoms with Crippen LogP contribution in [0, 0.1) is 0 Å². The Labute approximate surface area is 422 Å². The molecule has 0 aliphatic heterocycles. The van der Waals surface area contributed by atoms with Crippen molar-refractivity contribution in [3.05, 3.63) is 0 Å². The van der Waals surface area contributed by atoms with Gasteiger partial charge in [0.15, 0.2) is 0 Å². The molecule has 22 nitrogen and oxygen atoms in total. The molecule has 0 rings (SSSR count). The molecule has 0 saturated heterocycles. The van der Waals surface area contributed by atoms with E-state index >= 15 is 0 Å². The van der Waals surface area contributed by atoms with E-state index in [2.05, 4.69) is 21.0 Å². The van der Waals surface area contributed by atoms with E-state index in [1.165, 1.54) is 98.2 Å². The summed E-state index contributed by atoms with van der Waals surface area (Å²) in [6.07, 6.45) is 16.3. The normalized spacial score (nSPS) is 15.3. The van der Waals surface area contributed by atoms with Crippen molar-refractivity contribution in [2.24, 2.45) is 0 Å². The number of hydrogen-bond acceptors (Lipinski definition) is 20. The largest absolute Gasteiger partial charge is 0.748 e. The maximum atomic E-state index is 11.4. The van der Waals surface area contributed by atoms with Crippen LogP contribution in [0.5, 0.6) is 0 Å². The van der Waals surface area contributed by atoms with Gasteiger partial charge in [0.05, 0.1) is 117 Å². The first-order valence-electron chi connectivity index (χ1n) is 25.5. The third-order valence-electron chi connectivity index (χ3n) is 11.9. The summed E-state index contributed by atoms with van der Waals surface area (Å²) in [6.45, 7) is 1.57. The van der Waals surface area contributed by atoms with Crippen molar-refractivity contribution in [1.29, 1.82) is 0 Å². The first kappa shape index (κ1) is 69.4. The minimum atomic E-state index is -4.76. The van der Waals surface area contributed by atoms with Crippen LogP contribution in [0.1, 0.15) is 116 Å². The van der Waals surface area contributed by atoms with Gasteiger partial charge in [0, 0.05) is 71.4 Å². The number of nitrogens with zero attached hydrogens (tertiary/aromatic N) is 4. The quantitative estimate of drug-likeness (QED) is 0.0190. The minimum absolute atomic E-state index is 0.00223. The summed E-state index contributed by atoms with van der Waals surface area (Å²) in [4.78, 5) is 4.53. The number of hydrogen-bond donors (Lipinski definition) is 7. The van der Waals surface area contributed by atoms with Gasteiger partial charge in [0.2, 0.25) is 0 Å². The standard InChI is InChI=1S/C44H96N4O18S3Si/c1-4-5-6-7-8-9-10-11-12-13-14-15-16-17-18-19-27-48(2,3)28-20-35-70(64-32-24-45(21-29-49)36-42(52)39-67(55,56)57,65-33-25-46(22-30-50)37-43(53)40-68(58,59)60)66-34-26-47(23-31-51)38-44(54)41-69(61,62)63/h42-44,49-54H,4-41H2,1-3H3,(H2-,55,56,57,58,59,60,61,62,63)/p-1. The third-order valence-corrected chi connectivity index (χ3v) is 17.2. The highest BCUT2D eigenvalue weighted by molar-refractivity contribution is 7.86. The Bertz CT molecular complexity index is 1470. The topological polar surface area (TPSA) is 328 Å². The Kier molecular flexibility index (Phi) is 39.5. The van der Waals surface area contributed by atoms with Gasteiger partial charge in [-0.3, -0.25) is 19.3 Å². The van der Waals surface area contributed by atoms with E-state index in [-0.39, 0.29) is 105 Å². The second-order valence-electron chi connectivity index (χ2n) is 19.2. The molecule has 7 N–H and O–H groups in total. The Hall–Kier alpha value is -0.573. The van der Waals surface area contributed by atoms with E-state index in [1.54, 1.807) is 0 Å². The molecule has 0 spiro atoms. The first-order valence-corrected chi connectivity index (χ1v) is 32.2. The monoisotopic (exact) mass is 1090 g/mol. The molecular formula is C44H95N4O18S3Si-. The van der Waals surface area contributed by atoms with Gasteiger partial charge < -0.3 is 57.5 Å². The molecule has 0 saturated carbocycles. The SMILES string of the molecule is CCCCCCCCCCCCCCCCCC[N+](C)(C)CCC[Si](OCCN(CCO)CC(O)CS(=O)(=O)[O-])(OCCN(CCO)CC(O)CS(=O)(=O)[O-])OCCN(CCO)CC(O)CS(=O)(=O)O. The number of rotatable bonds is 51. The lowest BCUT2D eigenvalue weighted by Crippen LogP contribution is -2.52. The molecule has 0 heterocycles. The molecule has 0 aromatic rings. The fourth-order valence-corrected chi connectivity index (χ4v) is 12.6. The number of aliphatic hydroxyl groups excluding tert-OH is 6. The van der Waals surface area contributed by atoms with Crippen LogP contribution in [0.2, 0.25) is 6.04 Å². The van der Waals surface area contributed by atoms with Gasteiger partial charge in [-0.2, -0.15) is 8.42 Å². The molecule has 0 aromatic heterocycles. The van der Waals surface area contributed by atoms with Crippen molar-refractivity contribution in [2.45, 2.75) is 140 Å². The molecule has 70 heavy (non-hydrogen) atoms. The van der Waals surface area contributed by atoms with Crippen molar-refractivity contribution >= 4 is 39.2 Å². The summed E-state index contributed by atoms with van der Waals surface area (Å²) < 4.78 is 120. The van der Waals surface area contributed by atoms with Gasteiger partial charge in [-0.1, -0.05) is 96.8 Å². The van der Waals surface area contributed by atoms with Crippen molar-refractivity contribution in [2.75, 3.05) is 143 Å². The summed E-state index contributed by atoms with van der Waals surface area (Å²) in [7, 11) is -13.6. The molecule has 0 aliphatic rings. The highest BCUT2D eigenvalue weighted by Crippen LogP contribution is 2.22. The molecule has 3 atom stereocenters.